The molecule has 1 aliphatic heterocycles. The number of esters is 1. The minimum absolute atomic E-state index is 0.193. The van der Waals surface area contributed by atoms with Crippen LogP contribution >= 0.6 is 0 Å². The second-order valence-corrected chi connectivity index (χ2v) is 8.03. The topological polar surface area (TPSA) is 85.4 Å². The Bertz CT molecular complexity index is 643. The van der Waals surface area contributed by atoms with Crippen LogP contribution in [0.5, 0.6) is 0 Å². The molecule has 0 aromatic carbocycles. The molecule has 0 unspecified atom stereocenters. The first-order valence-electron chi connectivity index (χ1n) is 7.48. The summed E-state index contributed by atoms with van der Waals surface area (Å²) in [5, 5.41) is 2.64. The molecule has 7 heteroatoms. The Labute approximate surface area is 131 Å². The number of rotatable bonds is 5. The van der Waals surface area contributed by atoms with Crippen LogP contribution in [0.4, 0.5) is 0 Å². The number of ether oxygens (including phenoxy) is 1. The Hall–Kier alpha value is -1.47. The van der Waals surface area contributed by atoms with Gasteiger partial charge in [-0.3, -0.25) is 9.78 Å². The van der Waals surface area contributed by atoms with Crippen LogP contribution in [-0.2, 0) is 19.4 Å². The molecule has 0 aliphatic carbocycles. The third kappa shape index (κ3) is 3.15. The van der Waals surface area contributed by atoms with E-state index in [1.165, 1.54) is 0 Å². The Morgan fingerprint density at radius 2 is 2.23 bits per heavy atom. The molecule has 1 saturated heterocycles. The number of hydrogen-bond donors (Lipinski definition) is 1. The zero-order valence-electron chi connectivity index (χ0n) is 13.1. The molecule has 0 radical (unpaired) electrons. The van der Waals surface area contributed by atoms with Crippen LogP contribution in [0, 0.1) is 5.92 Å². The van der Waals surface area contributed by atoms with E-state index in [-0.39, 0.29) is 10.9 Å². The van der Waals surface area contributed by atoms with Gasteiger partial charge in [-0.1, -0.05) is 0 Å². The lowest BCUT2D eigenvalue weighted by atomic mass is 9.98. The number of carbonyl (C=O) groups excluding carboxylic acids is 1. The summed E-state index contributed by atoms with van der Waals surface area (Å²) in [6.45, 7) is 5.96. The van der Waals surface area contributed by atoms with Crippen molar-refractivity contribution in [3.8, 4) is 0 Å². The molecule has 0 spiro atoms. The minimum atomic E-state index is -3.46. The van der Waals surface area contributed by atoms with Crippen LogP contribution in [0.25, 0.3) is 0 Å². The van der Waals surface area contributed by atoms with Gasteiger partial charge in [-0.25, -0.2) is 8.42 Å². The smallest absolute Gasteiger partial charge is 0.310 e. The molecule has 1 aromatic rings. The van der Waals surface area contributed by atoms with Crippen LogP contribution in [0.3, 0.4) is 0 Å². The van der Waals surface area contributed by atoms with Gasteiger partial charge in [0.15, 0.2) is 9.84 Å². The highest BCUT2D eigenvalue weighted by Gasteiger charge is 2.39. The van der Waals surface area contributed by atoms with Gasteiger partial charge in [-0.05, 0) is 45.9 Å². The number of pyridine rings is 1. The average molecular weight is 326 g/mol. The Kier molecular flexibility index (Phi) is 5.18. The van der Waals surface area contributed by atoms with E-state index < -0.39 is 27.0 Å². The van der Waals surface area contributed by atoms with Gasteiger partial charge < -0.3 is 10.1 Å². The number of carbonyl (C=O) groups is 1. The van der Waals surface area contributed by atoms with Gasteiger partial charge in [-0.2, -0.15) is 0 Å². The molecule has 1 aliphatic rings. The van der Waals surface area contributed by atoms with Crippen molar-refractivity contribution in [3.05, 3.63) is 24.0 Å². The molecule has 0 amide bonds. The van der Waals surface area contributed by atoms with Crippen LogP contribution < -0.4 is 5.32 Å². The predicted molar refractivity (Wildman–Crippen MR) is 82.0 cm³/mol. The van der Waals surface area contributed by atoms with Crippen molar-refractivity contribution < 1.29 is 17.9 Å². The summed E-state index contributed by atoms with van der Waals surface area (Å²) in [6, 6.07) is 2.73. The van der Waals surface area contributed by atoms with Crippen LogP contribution in [0.1, 0.15) is 38.9 Å². The highest BCUT2D eigenvalue weighted by molar-refractivity contribution is 7.92. The summed E-state index contributed by atoms with van der Waals surface area (Å²) < 4.78 is 30.1. The largest absolute Gasteiger partial charge is 0.466 e. The molecule has 1 N–H and O–H groups in total. The standard InChI is InChI=1S/C15H22N2O4S/c1-4-21-15(18)11-7-9-17-13(11)14-12(6-5-8-16-14)22(19,20)10(2)3/h5-6,8,10-11,13,17H,4,7,9H2,1-3H3/t11-,13-/m1/s1. The Balaban J connectivity index is 2.43. The monoisotopic (exact) mass is 326 g/mol. The normalized spacial score (nSPS) is 22.0. The maximum absolute atomic E-state index is 12.5. The quantitative estimate of drug-likeness (QED) is 0.825. The third-order valence-electron chi connectivity index (χ3n) is 3.83. The zero-order valence-corrected chi connectivity index (χ0v) is 13.9. The molecule has 22 heavy (non-hydrogen) atoms. The lowest BCUT2D eigenvalue weighted by Crippen LogP contribution is -2.28. The van der Waals surface area contributed by atoms with E-state index in [0.29, 0.717) is 25.3 Å². The molecule has 122 valence electrons. The van der Waals surface area contributed by atoms with Crippen molar-refractivity contribution in [3.63, 3.8) is 0 Å². The first-order chi connectivity index (χ1) is 10.4. The van der Waals surface area contributed by atoms with Gasteiger partial charge in [0.05, 0.1) is 34.4 Å². The summed E-state index contributed by atoms with van der Waals surface area (Å²) in [7, 11) is -3.46. The van der Waals surface area contributed by atoms with Crippen molar-refractivity contribution in [2.24, 2.45) is 5.92 Å². The van der Waals surface area contributed by atoms with Gasteiger partial charge in [0, 0.05) is 6.20 Å². The van der Waals surface area contributed by atoms with Crippen molar-refractivity contribution in [1.29, 1.82) is 0 Å². The summed E-state index contributed by atoms with van der Waals surface area (Å²) in [6.07, 6.45) is 2.16. The van der Waals surface area contributed by atoms with Crippen LogP contribution in [0.15, 0.2) is 23.2 Å². The van der Waals surface area contributed by atoms with Crippen LogP contribution in [-0.4, -0.2) is 37.8 Å². The van der Waals surface area contributed by atoms with Gasteiger partial charge in [0.2, 0.25) is 0 Å². The van der Waals surface area contributed by atoms with E-state index in [1.807, 2.05) is 0 Å². The van der Waals surface area contributed by atoms with Gasteiger partial charge in [-0.15, -0.1) is 0 Å². The molecular formula is C15H22N2O4S. The van der Waals surface area contributed by atoms with Gasteiger partial charge >= 0.3 is 5.97 Å². The molecule has 0 bridgehead atoms. The Morgan fingerprint density at radius 1 is 1.50 bits per heavy atom. The molecule has 1 fully saturated rings. The summed E-state index contributed by atoms with van der Waals surface area (Å²) in [4.78, 5) is 16.5. The SMILES string of the molecule is CCOC(=O)[C@@H]1CCN[C@H]1c1ncccc1S(=O)(=O)C(C)C. The highest BCUT2D eigenvalue weighted by atomic mass is 32.2. The molecule has 6 nitrogen and oxygen atoms in total. The summed E-state index contributed by atoms with van der Waals surface area (Å²) >= 11 is 0. The summed E-state index contributed by atoms with van der Waals surface area (Å²) in [5.74, 6) is -0.716. The highest BCUT2D eigenvalue weighted by Crippen LogP contribution is 2.33. The number of aromatic nitrogens is 1. The fourth-order valence-electron chi connectivity index (χ4n) is 2.62. The molecule has 2 rings (SSSR count). The summed E-state index contributed by atoms with van der Waals surface area (Å²) in [5.41, 5.74) is 0.409. The van der Waals surface area contributed by atoms with E-state index in [4.69, 9.17) is 4.74 Å². The fourth-order valence-corrected chi connectivity index (χ4v) is 3.87. The first-order valence-corrected chi connectivity index (χ1v) is 9.03. The van der Waals surface area contributed by atoms with Crippen molar-refractivity contribution in [2.45, 2.75) is 43.4 Å². The van der Waals surface area contributed by atoms with Gasteiger partial charge in [0.1, 0.15) is 0 Å². The van der Waals surface area contributed by atoms with E-state index in [9.17, 15) is 13.2 Å². The van der Waals surface area contributed by atoms with E-state index >= 15 is 0 Å². The lowest BCUT2D eigenvalue weighted by Gasteiger charge is -2.21. The van der Waals surface area contributed by atoms with E-state index in [0.717, 1.165) is 0 Å². The molecule has 2 heterocycles. The second-order valence-electron chi connectivity index (χ2n) is 5.56. The number of hydrogen-bond acceptors (Lipinski definition) is 6. The molecule has 1 aromatic heterocycles. The number of nitrogens with one attached hydrogen (secondary N) is 1. The maximum Gasteiger partial charge on any atom is 0.310 e. The van der Waals surface area contributed by atoms with Gasteiger partial charge in [0.25, 0.3) is 0 Å². The lowest BCUT2D eigenvalue weighted by molar-refractivity contribution is -0.148. The molecular weight excluding hydrogens is 304 g/mol. The number of nitrogens with zero attached hydrogens (tertiary/aromatic N) is 1. The first kappa shape index (κ1) is 16.9. The predicted octanol–water partition coefficient (Wildman–Crippen LogP) is 1.48. The average Bonchev–Trinajstić information content (AvgIpc) is 2.96. The number of sulfone groups is 1. The van der Waals surface area contributed by atoms with E-state index in [2.05, 4.69) is 10.3 Å². The Morgan fingerprint density at radius 3 is 2.86 bits per heavy atom. The molecule has 2 atom stereocenters. The molecule has 0 saturated carbocycles. The fraction of sp³-hybridized carbons (Fsp3) is 0.600. The van der Waals surface area contributed by atoms with Crippen molar-refractivity contribution >= 4 is 15.8 Å². The zero-order chi connectivity index (χ0) is 16.3. The second kappa shape index (κ2) is 6.75. The van der Waals surface area contributed by atoms with Crippen molar-refractivity contribution in [2.75, 3.05) is 13.2 Å². The van der Waals surface area contributed by atoms with Crippen LogP contribution in [0.2, 0.25) is 0 Å². The maximum atomic E-state index is 12.5. The van der Waals surface area contributed by atoms with Crippen molar-refractivity contribution in [1.82, 2.24) is 10.3 Å². The minimum Gasteiger partial charge on any atom is -0.466 e. The van der Waals surface area contributed by atoms with E-state index in [1.54, 1.807) is 39.1 Å². The third-order valence-corrected chi connectivity index (χ3v) is 6.03.